The molecule has 0 amide bonds. The van der Waals surface area contributed by atoms with Crippen molar-refractivity contribution in [1.29, 1.82) is 0 Å². The van der Waals surface area contributed by atoms with E-state index in [9.17, 15) is 4.79 Å². The van der Waals surface area contributed by atoms with Crippen LogP contribution in [0, 0.1) is 5.41 Å². The van der Waals surface area contributed by atoms with Gasteiger partial charge in [-0.2, -0.15) is 0 Å². The number of hydrogen-bond acceptors (Lipinski definition) is 2. The van der Waals surface area contributed by atoms with E-state index in [0.717, 1.165) is 12.1 Å². The number of pyridine rings is 1. The molecule has 0 atom stereocenters. The summed E-state index contributed by atoms with van der Waals surface area (Å²) < 4.78 is -0.573. The van der Waals surface area contributed by atoms with Crippen LogP contribution in [0.5, 0.6) is 0 Å². The summed E-state index contributed by atoms with van der Waals surface area (Å²) in [4.78, 5) is 16.7. The van der Waals surface area contributed by atoms with Gasteiger partial charge in [0.15, 0.2) is 7.21 Å². The van der Waals surface area contributed by atoms with Crippen molar-refractivity contribution in [3.05, 3.63) is 30.1 Å². The molecular formula is C12H15I2NO. The first kappa shape index (κ1) is 14.3. The highest BCUT2D eigenvalue weighted by Crippen LogP contribution is 2.45. The van der Waals surface area contributed by atoms with E-state index in [1.807, 2.05) is 39.0 Å². The first-order valence-electron chi connectivity index (χ1n) is 5.16. The Labute approximate surface area is 124 Å². The van der Waals surface area contributed by atoms with Gasteiger partial charge in [-0.3, -0.25) is 9.78 Å². The van der Waals surface area contributed by atoms with Gasteiger partial charge in [0, 0.05) is 11.6 Å². The van der Waals surface area contributed by atoms with Gasteiger partial charge in [-0.05, 0) is 18.6 Å². The number of halogens is 2. The molecule has 1 rings (SSSR count). The van der Waals surface area contributed by atoms with Crippen LogP contribution in [0.15, 0.2) is 24.4 Å². The van der Waals surface area contributed by atoms with E-state index in [-0.39, 0.29) is 11.2 Å². The molecule has 0 fully saturated rings. The number of alkyl halides is 2. The Morgan fingerprint density at radius 2 is 2.00 bits per heavy atom. The number of Topliss-reactive ketones (excluding diaryl/α,β-unsaturated/α-hetero) is 1. The number of hydrogen-bond donors (Lipinski definition) is 0. The third-order valence-corrected chi connectivity index (χ3v) is 4.86. The molecule has 0 saturated carbocycles. The Morgan fingerprint density at radius 1 is 1.38 bits per heavy atom. The molecule has 0 aliphatic carbocycles. The molecule has 1 aromatic heterocycles. The highest BCUT2D eigenvalue weighted by Gasteiger charge is 2.43. The second-order valence-corrected chi connectivity index (χ2v) is 9.66. The van der Waals surface area contributed by atoms with E-state index in [4.69, 9.17) is 0 Å². The Bertz CT molecular complexity index is 374. The van der Waals surface area contributed by atoms with Crippen LogP contribution < -0.4 is 0 Å². The zero-order valence-electron chi connectivity index (χ0n) is 9.63. The van der Waals surface area contributed by atoms with Gasteiger partial charge < -0.3 is 0 Å². The minimum atomic E-state index is -0.573. The Hall–Kier alpha value is 0.280. The molecule has 0 radical (unpaired) electrons. The maximum absolute atomic E-state index is 12.5. The predicted molar refractivity (Wildman–Crippen MR) is 83.0 cm³/mol. The molecule has 0 aromatic carbocycles. The van der Waals surface area contributed by atoms with Crippen molar-refractivity contribution in [3.8, 4) is 0 Å². The van der Waals surface area contributed by atoms with Crippen LogP contribution in [-0.2, 0) is 6.22 Å². The van der Waals surface area contributed by atoms with Crippen LogP contribution in [0.4, 0.5) is 0 Å². The van der Waals surface area contributed by atoms with E-state index in [2.05, 4.69) is 50.2 Å². The third kappa shape index (κ3) is 2.94. The van der Waals surface area contributed by atoms with Crippen molar-refractivity contribution in [2.75, 3.05) is 0 Å². The Morgan fingerprint density at radius 3 is 2.44 bits per heavy atom. The van der Waals surface area contributed by atoms with Gasteiger partial charge in [0.05, 0.1) is 5.69 Å². The van der Waals surface area contributed by atoms with E-state index >= 15 is 0 Å². The van der Waals surface area contributed by atoms with Gasteiger partial charge >= 0.3 is 0 Å². The van der Waals surface area contributed by atoms with Crippen molar-refractivity contribution in [2.45, 2.75) is 28.6 Å². The Balaban J connectivity index is 3.08. The van der Waals surface area contributed by atoms with Crippen molar-refractivity contribution < 1.29 is 4.79 Å². The smallest absolute Gasteiger partial charge is 0.173 e. The summed E-state index contributed by atoms with van der Waals surface area (Å²) >= 11 is 4.38. The molecule has 4 heteroatoms. The zero-order valence-corrected chi connectivity index (χ0v) is 13.9. The van der Waals surface area contributed by atoms with E-state index in [1.54, 1.807) is 6.20 Å². The van der Waals surface area contributed by atoms with Crippen molar-refractivity contribution in [3.63, 3.8) is 0 Å². The standard InChI is InChI=1S/C12H15I2NO/c1-4-11(2,3)10(16)12(13,14)9-7-5-6-8-15-9/h5-8H,4H2,1-3H3. The average Bonchev–Trinajstić information content (AvgIpc) is 2.29. The number of rotatable bonds is 4. The minimum absolute atomic E-state index is 0.224. The van der Waals surface area contributed by atoms with Crippen LogP contribution in [0.2, 0.25) is 0 Å². The molecule has 16 heavy (non-hydrogen) atoms. The molecule has 2 nitrogen and oxygen atoms in total. The molecule has 0 bridgehead atoms. The molecule has 0 saturated heterocycles. The summed E-state index contributed by atoms with van der Waals surface area (Å²) in [5.74, 6) is 0.224. The quantitative estimate of drug-likeness (QED) is 0.518. The molecule has 0 N–H and O–H groups in total. The number of carbonyl (C=O) groups excluding carboxylic acids is 1. The summed E-state index contributed by atoms with van der Waals surface area (Å²) in [7, 11) is 0. The molecule has 88 valence electrons. The van der Waals surface area contributed by atoms with Gasteiger partial charge in [-0.1, -0.05) is 72.0 Å². The summed E-state index contributed by atoms with van der Waals surface area (Å²) in [5, 5.41) is 0. The normalized spacial score (nSPS) is 12.6. The summed E-state index contributed by atoms with van der Waals surface area (Å²) in [6.07, 6.45) is 2.57. The predicted octanol–water partition coefficient (Wildman–Crippen LogP) is 4.11. The first-order chi connectivity index (χ1) is 7.32. The van der Waals surface area contributed by atoms with E-state index < -0.39 is 1.43 Å². The highest BCUT2D eigenvalue weighted by molar-refractivity contribution is 14.2. The lowest BCUT2D eigenvalue weighted by molar-refractivity contribution is -0.126. The number of carbonyl (C=O) groups is 1. The summed E-state index contributed by atoms with van der Waals surface area (Å²) in [6, 6.07) is 5.69. The monoisotopic (exact) mass is 443 g/mol. The van der Waals surface area contributed by atoms with Gasteiger partial charge in [0.25, 0.3) is 0 Å². The largest absolute Gasteiger partial charge is 0.296 e. The summed E-state index contributed by atoms with van der Waals surface area (Å²) in [6.45, 7) is 6.02. The second kappa shape index (κ2) is 5.29. The number of ketones is 1. The SMILES string of the molecule is CCC(C)(C)C(=O)C(I)(I)c1ccccn1. The fourth-order valence-electron chi connectivity index (χ4n) is 1.25. The maximum atomic E-state index is 12.5. The Kier molecular flexibility index (Phi) is 4.74. The maximum Gasteiger partial charge on any atom is 0.173 e. The zero-order chi connectivity index (χ0) is 12.4. The number of aromatic nitrogens is 1. The van der Waals surface area contributed by atoms with Crippen LogP contribution in [-0.4, -0.2) is 10.8 Å². The topological polar surface area (TPSA) is 30.0 Å². The third-order valence-electron chi connectivity index (χ3n) is 2.77. The van der Waals surface area contributed by atoms with Gasteiger partial charge in [0.2, 0.25) is 0 Å². The lowest BCUT2D eigenvalue weighted by atomic mass is 9.83. The summed E-state index contributed by atoms with van der Waals surface area (Å²) in [5.41, 5.74) is 0.516. The van der Waals surface area contributed by atoms with E-state index in [1.165, 1.54) is 0 Å². The second-order valence-electron chi connectivity index (χ2n) is 4.36. The van der Waals surface area contributed by atoms with Crippen LogP contribution >= 0.6 is 45.2 Å². The van der Waals surface area contributed by atoms with E-state index in [0.29, 0.717) is 0 Å². The molecule has 1 heterocycles. The lowest BCUT2D eigenvalue weighted by Crippen LogP contribution is -2.35. The fourth-order valence-corrected chi connectivity index (χ4v) is 3.35. The van der Waals surface area contributed by atoms with Crippen LogP contribution in [0.3, 0.4) is 0 Å². The number of nitrogens with zero attached hydrogens (tertiary/aromatic N) is 1. The van der Waals surface area contributed by atoms with Crippen molar-refractivity contribution >= 4 is 51.0 Å². The molecule has 0 spiro atoms. The first-order valence-corrected chi connectivity index (χ1v) is 7.32. The van der Waals surface area contributed by atoms with Crippen molar-refractivity contribution in [1.82, 2.24) is 4.98 Å². The lowest BCUT2D eigenvalue weighted by Gasteiger charge is -2.29. The molecular weight excluding hydrogens is 428 g/mol. The molecule has 0 aliphatic rings. The fraction of sp³-hybridized carbons (Fsp3) is 0.500. The van der Waals surface area contributed by atoms with Gasteiger partial charge in [-0.25, -0.2) is 0 Å². The van der Waals surface area contributed by atoms with Crippen LogP contribution in [0.25, 0.3) is 0 Å². The van der Waals surface area contributed by atoms with Crippen LogP contribution in [0.1, 0.15) is 32.9 Å². The molecule has 1 aromatic rings. The highest BCUT2D eigenvalue weighted by atomic mass is 127. The average molecular weight is 443 g/mol. The minimum Gasteiger partial charge on any atom is -0.296 e. The van der Waals surface area contributed by atoms with Crippen molar-refractivity contribution in [2.24, 2.45) is 5.41 Å². The molecule has 0 unspecified atom stereocenters. The van der Waals surface area contributed by atoms with Gasteiger partial charge in [0.1, 0.15) is 0 Å². The van der Waals surface area contributed by atoms with Gasteiger partial charge in [-0.15, -0.1) is 0 Å². The molecule has 0 aliphatic heterocycles.